The summed E-state index contributed by atoms with van der Waals surface area (Å²) in [6, 6.07) is 0. The van der Waals surface area contributed by atoms with E-state index in [0.29, 0.717) is 18.8 Å². The van der Waals surface area contributed by atoms with Gasteiger partial charge in [0, 0.05) is 13.2 Å². The van der Waals surface area contributed by atoms with Crippen LogP contribution >= 0.6 is 0 Å². The van der Waals surface area contributed by atoms with Gasteiger partial charge in [-0.25, -0.2) is 4.79 Å². The fraction of sp³-hybridized carbons (Fsp3) is 0.692. The first-order chi connectivity index (χ1) is 8.72. The van der Waals surface area contributed by atoms with Crippen molar-refractivity contribution in [1.29, 1.82) is 0 Å². The summed E-state index contributed by atoms with van der Waals surface area (Å²) in [4.78, 5) is 12.0. The van der Waals surface area contributed by atoms with Crippen molar-refractivity contribution in [3.05, 3.63) is 17.5 Å². The zero-order chi connectivity index (χ0) is 13.0. The molecule has 0 aliphatic carbocycles. The fourth-order valence-electron chi connectivity index (χ4n) is 2.16. The molecular weight excluding hydrogens is 232 g/mol. The Bertz CT molecular complexity index is 414. The van der Waals surface area contributed by atoms with Crippen LogP contribution in [0.25, 0.3) is 0 Å². The molecule has 1 aliphatic heterocycles. The second-order valence-electron chi connectivity index (χ2n) is 4.56. The van der Waals surface area contributed by atoms with Crippen LogP contribution in [0.1, 0.15) is 42.7 Å². The minimum absolute atomic E-state index is 0.225. The van der Waals surface area contributed by atoms with Crippen LogP contribution < -0.4 is 0 Å². The molecule has 5 heteroatoms. The molecule has 0 amide bonds. The van der Waals surface area contributed by atoms with Gasteiger partial charge in [-0.05, 0) is 33.1 Å². The lowest BCUT2D eigenvalue weighted by Gasteiger charge is -2.16. The maximum Gasteiger partial charge on any atom is 0.341 e. The molecule has 0 aromatic carbocycles. The van der Waals surface area contributed by atoms with Crippen molar-refractivity contribution in [2.45, 2.75) is 45.8 Å². The second-order valence-corrected chi connectivity index (χ2v) is 4.56. The number of carbonyl (C=O) groups is 1. The predicted octanol–water partition coefficient (Wildman–Crippen LogP) is 1.80. The summed E-state index contributed by atoms with van der Waals surface area (Å²) in [5, 5.41) is 4.23. The van der Waals surface area contributed by atoms with E-state index in [9.17, 15) is 4.79 Å². The average molecular weight is 252 g/mol. The molecule has 0 bridgehead atoms. The van der Waals surface area contributed by atoms with E-state index in [2.05, 4.69) is 5.10 Å². The van der Waals surface area contributed by atoms with E-state index in [-0.39, 0.29) is 12.1 Å². The molecular formula is C13H20N2O3. The number of aromatic nitrogens is 2. The van der Waals surface area contributed by atoms with Gasteiger partial charge in [-0.3, -0.25) is 4.68 Å². The summed E-state index contributed by atoms with van der Waals surface area (Å²) >= 11 is 0. The molecule has 2 heterocycles. The van der Waals surface area contributed by atoms with E-state index in [4.69, 9.17) is 9.47 Å². The van der Waals surface area contributed by atoms with Crippen LogP contribution in [0.2, 0.25) is 0 Å². The number of nitrogens with zero attached hydrogens (tertiary/aromatic N) is 2. The molecule has 5 nitrogen and oxygen atoms in total. The maximum atomic E-state index is 12.0. The van der Waals surface area contributed by atoms with Crippen LogP contribution in [0.3, 0.4) is 0 Å². The molecule has 0 saturated heterocycles. The van der Waals surface area contributed by atoms with Crippen LogP contribution in [0.4, 0.5) is 0 Å². The summed E-state index contributed by atoms with van der Waals surface area (Å²) in [6.45, 7) is 5.72. The van der Waals surface area contributed by atoms with E-state index in [0.717, 1.165) is 31.5 Å². The van der Waals surface area contributed by atoms with Gasteiger partial charge in [0.05, 0.1) is 18.5 Å². The van der Waals surface area contributed by atoms with Gasteiger partial charge in [0.1, 0.15) is 11.7 Å². The van der Waals surface area contributed by atoms with Gasteiger partial charge in [0.2, 0.25) is 0 Å². The zero-order valence-corrected chi connectivity index (χ0v) is 11.0. The number of aryl methyl sites for hydroxylation is 1. The van der Waals surface area contributed by atoms with Gasteiger partial charge < -0.3 is 9.47 Å². The van der Waals surface area contributed by atoms with Gasteiger partial charge in [-0.1, -0.05) is 0 Å². The predicted molar refractivity (Wildman–Crippen MR) is 66.5 cm³/mol. The van der Waals surface area contributed by atoms with Crippen molar-refractivity contribution in [2.24, 2.45) is 0 Å². The molecule has 18 heavy (non-hydrogen) atoms. The molecule has 0 unspecified atom stereocenters. The Morgan fingerprint density at radius 2 is 2.39 bits per heavy atom. The molecule has 0 N–H and O–H groups in total. The lowest BCUT2D eigenvalue weighted by molar-refractivity contribution is 0.00426. The number of hydrogen-bond acceptors (Lipinski definition) is 4. The minimum atomic E-state index is -0.287. The Kier molecular flexibility index (Phi) is 4.36. The van der Waals surface area contributed by atoms with Crippen molar-refractivity contribution < 1.29 is 14.3 Å². The van der Waals surface area contributed by atoms with Crippen molar-refractivity contribution in [1.82, 2.24) is 9.78 Å². The topological polar surface area (TPSA) is 53.4 Å². The molecule has 100 valence electrons. The smallest absolute Gasteiger partial charge is 0.341 e. The van der Waals surface area contributed by atoms with Crippen LogP contribution in [0, 0.1) is 0 Å². The molecule has 2 rings (SSSR count). The number of ether oxygens (including phenoxy) is 2. The standard InChI is InChI=1S/C13H20N2O3/c1-3-17-9-10(2)18-13(16)11-8-14-15-7-5-4-6-12(11)15/h8,10H,3-7,9H2,1-2H3/t10-/m1/s1. The molecule has 1 aromatic rings. The monoisotopic (exact) mass is 252 g/mol. The molecule has 0 radical (unpaired) electrons. The second kappa shape index (κ2) is 6.00. The first-order valence-corrected chi connectivity index (χ1v) is 6.55. The summed E-state index contributed by atoms with van der Waals surface area (Å²) in [5.41, 5.74) is 1.62. The van der Waals surface area contributed by atoms with Crippen molar-refractivity contribution in [2.75, 3.05) is 13.2 Å². The van der Waals surface area contributed by atoms with Gasteiger partial charge in [-0.15, -0.1) is 0 Å². The van der Waals surface area contributed by atoms with E-state index in [1.165, 1.54) is 0 Å². The van der Waals surface area contributed by atoms with Crippen molar-refractivity contribution in [3.8, 4) is 0 Å². The minimum Gasteiger partial charge on any atom is -0.457 e. The summed E-state index contributed by atoms with van der Waals surface area (Å²) in [6.07, 6.45) is 4.54. The third kappa shape index (κ3) is 2.90. The number of esters is 1. The number of fused-ring (bicyclic) bond motifs is 1. The van der Waals surface area contributed by atoms with Crippen LogP contribution in [0.15, 0.2) is 6.20 Å². The molecule has 1 aromatic heterocycles. The van der Waals surface area contributed by atoms with Crippen molar-refractivity contribution in [3.63, 3.8) is 0 Å². The molecule has 0 saturated carbocycles. The SMILES string of the molecule is CCOC[C@@H](C)OC(=O)c1cnn2c1CCCC2. The fourth-order valence-corrected chi connectivity index (χ4v) is 2.16. The summed E-state index contributed by atoms with van der Waals surface area (Å²) in [7, 11) is 0. The van der Waals surface area contributed by atoms with E-state index < -0.39 is 0 Å². The Morgan fingerprint density at radius 1 is 1.56 bits per heavy atom. The molecule has 1 atom stereocenters. The first-order valence-electron chi connectivity index (χ1n) is 6.55. The maximum absolute atomic E-state index is 12.0. The van der Waals surface area contributed by atoms with Gasteiger partial charge in [0.15, 0.2) is 0 Å². The Balaban J connectivity index is 1.98. The van der Waals surface area contributed by atoms with Gasteiger partial charge >= 0.3 is 5.97 Å². The summed E-state index contributed by atoms with van der Waals surface area (Å²) < 4.78 is 12.5. The lowest BCUT2D eigenvalue weighted by Crippen LogP contribution is -2.22. The normalized spacial score (nSPS) is 16.1. The number of carbonyl (C=O) groups excluding carboxylic acids is 1. The molecule has 0 spiro atoms. The third-order valence-corrected chi connectivity index (χ3v) is 3.07. The average Bonchev–Trinajstić information content (AvgIpc) is 2.80. The lowest BCUT2D eigenvalue weighted by atomic mass is 10.1. The number of hydrogen-bond donors (Lipinski definition) is 0. The van der Waals surface area contributed by atoms with Crippen LogP contribution in [0.5, 0.6) is 0 Å². The highest BCUT2D eigenvalue weighted by molar-refractivity contribution is 5.90. The molecule has 1 aliphatic rings. The zero-order valence-electron chi connectivity index (χ0n) is 11.0. The highest BCUT2D eigenvalue weighted by Gasteiger charge is 2.22. The highest BCUT2D eigenvalue weighted by atomic mass is 16.6. The van der Waals surface area contributed by atoms with Crippen molar-refractivity contribution >= 4 is 5.97 Å². The van der Waals surface area contributed by atoms with Gasteiger partial charge in [0.25, 0.3) is 0 Å². The Hall–Kier alpha value is -1.36. The molecule has 0 fully saturated rings. The van der Waals surface area contributed by atoms with E-state index in [1.54, 1.807) is 6.20 Å². The van der Waals surface area contributed by atoms with Crippen LogP contribution in [-0.4, -0.2) is 35.1 Å². The highest BCUT2D eigenvalue weighted by Crippen LogP contribution is 2.19. The number of rotatable bonds is 5. The van der Waals surface area contributed by atoms with E-state index >= 15 is 0 Å². The van der Waals surface area contributed by atoms with E-state index in [1.807, 2.05) is 18.5 Å². The third-order valence-electron chi connectivity index (χ3n) is 3.07. The Morgan fingerprint density at radius 3 is 3.17 bits per heavy atom. The first kappa shape index (κ1) is 13.1. The largest absolute Gasteiger partial charge is 0.457 e. The quantitative estimate of drug-likeness (QED) is 0.750. The van der Waals surface area contributed by atoms with Crippen LogP contribution in [-0.2, 0) is 22.4 Å². The summed E-state index contributed by atoms with van der Waals surface area (Å²) in [5.74, 6) is -0.287. The Labute approximate surface area is 107 Å². The van der Waals surface area contributed by atoms with Gasteiger partial charge in [-0.2, -0.15) is 5.10 Å².